The fourth-order valence-corrected chi connectivity index (χ4v) is 6.45. The highest BCUT2D eigenvalue weighted by Crippen LogP contribution is 2.46. The molecule has 0 saturated heterocycles. The molecule has 36 heavy (non-hydrogen) atoms. The first-order chi connectivity index (χ1) is 17.9. The second-order valence-electron chi connectivity index (χ2n) is 9.51. The molecule has 5 aromatic heterocycles. The molecule has 9 aromatic rings. The van der Waals surface area contributed by atoms with E-state index in [4.69, 9.17) is 0 Å². The first kappa shape index (κ1) is 18.4. The average Bonchev–Trinajstić information content (AvgIpc) is 3.45. The van der Waals surface area contributed by atoms with Crippen molar-refractivity contribution in [2.24, 2.45) is 0 Å². The van der Waals surface area contributed by atoms with Gasteiger partial charge in [0.1, 0.15) is 0 Å². The number of hydrogen-bond donors (Lipinski definition) is 0. The zero-order valence-electron chi connectivity index (χ0n) is 19.2. The van der Waals surface area contributed by atoms with E-state index in [9.17, 15) is 0 Å². The van der Waals surface area contributed by atoms with Crippen LogP contribution >= 0.6 is 0 Å². The fraction of sp³-hybridized carbons (Fsp3) is 0. The molecule has 4 nitrogen and oxygen atoms in total. The predicted molar refractivity (Wildman–Crippen MR) is 149 cm³/mol. The highest BCUT2D eigenvalue weighted by atomic mass is 15.0. The van der Waals surface area contributed by atoms with Gasteiger partial charge in [-0.1, -0.05) is 48.5 Å². The molecule has 0 fully saturated rings. The van der Waals surface area contributed by atoms with Gasteiger partial charge in [-0.2, -0.15) is 0 Å². The fourth-order valence-electron chi connectivity index (χ4n) is 6.45. The first-order valence-corrected chi connectivity index (χ1v) is 12.2. The summed E-state index contributed by atoms with van der Waals surface area (Å²) in [6, 6.07) is 30.7. The van der Waals surface area contributed by atoms with Crippen LogP contribution in [0, 0.1) is 0 Å². The van der Waals surface area contributed by atoms with Crippen molar-refractivity contribution in [2.75, 3.05) is 0 Å². The minimum Gasteiger partial charge on any atom is -0.309 e. The minimum absolute atomic E-state index is 1.12. The summed E-state index contributed by atoms with van der Waals surface area (Å²) in [7, 11) is 0. The molecule has 0 amide bonds. The second-order valence-corrected chi connectivity index (χ2v) is 9.51. The molecule has 4 heteroatoms. The zero-order valence-corrected chi connectivity index (χ0v) is 19.2. The molecule has 4 aromatic carbocycles. The monoisotopic (exact) mass is 458 g/mol. The van der Waals surface area contributed by atoms with Crippen LogP contribution in [0.1, 0.15) is 0 Å². The summed E-state index contributed by atoms with van der Waals surface area (Å²) in [4.78, 5) is 9.00. The molecule has 0 saturated carbocycles. The molecule has 5 heterocycles. The smallest absolute Gasteiger partial charge is 0.0725 e. The van der Waals surface area contributed by atoms with Gasteiger partial charge in [-0.25, -0.2) is 0 Å². The van der Waals surface area contributed by atoms with Crippen molar-refractivity contribution < 1.29 is 0 Å². The van der Waals surface area contributed by atoms with Gasteiger partial charge in [0.25, 0.3) is 0 Å². The lowest BCUT2D eigenvalue weighted by Crippen LogP contribution is -2.01. The molecule has 0 radical (unpaired) electrons. The number of fused-ring (bicyclic) bond motifs is 9. The van der Waals surface area contributed by atoms with Crippen LogP contribution in [-0.4, -0.2) is 18.9 Å². The van der Waals surface area contributed by atoms with Gasteiger partial charge in [-0.3, -0.25) is 9.97 Å². The third-order valence-electron chi connectivity index (χ3n) is 7.79. The van der Waals surface area contributed by atoms with E-state index in [-0.39, 0.29) is 0 Å². The Morgan fingerprint density at radius 3 is 2.08 bits per heavy atom. The Morgan fingerprint density at radius 1 is 0.500 bits per heavy atom. The van der Waals surface area contributed by atoms with Crippen LogP contribution in [0.4, 0.5) is 0 Å². The number of hydrogen-bond acceptors (Lipinski definition) is 2. The maximum Gasteiger partial charge on any atom is 0.0725 e. The second kappa shape index (κ2) is 6.37. The molecule has 0 bridgehead atoms. The predicted octanol–water partition coefficient (Wildman–Crippen LogP) is 7.88. The van der Waals surface area contributed by atoms with Crippen molar-refractivity contribution >= 4 is 70.7 Å². The quantitative estimate of drug-likeness (QED) is 0.185. The molecule has 0 spiro atoms. The molecule has 0 unspecified atom stereocenters. The summed E-state index contributed by atoms with van der Waals surface area (Å²) in [5, 5.41) is 10.0. The lowest BCUT2D eigenvalue weighted by molar-refractivity contribution is 1.17. The Hall–Kier alpha value is -4.96. The Balaban J connectivity index is 1.72. The van der Waals surface area contributed by atoms with E-state index in [1.165, 1.54) is 59.6 Å². The van der Waals surface area contributed by atoms with Gasteiger partial charge in [-0.15, -0.1) is 0 Å². The van der Waals surface area contributed by atoms with E-state index in [1.807, 2.05) is 24.8 Å². The third kappa shape index (κ3) is 2.07. The number of pyridine rings is 3. The van der Waals surface area contributed by atoms with Crippen molar-refractivity contribution in [3.63, 3.8) is 0 Å². The van der Waals surface area contributed by atoms with Crippen molar-refractivity contribution in [3.05, 3.63) is 110 Å². The van der Waals surface area contributed by atoms with E-state index in [2.05, 4.69) is 104 Å². The molecular weight excluding hydrogens is 440 g/mol. The van der Waals surface area contributed by atoms with Crippen LogP contribution in [0.25, 0.3) is 76.4 Å². The molecule has 0 aliphatic carbocycles. The standard InChI is InChI=1S/C32H18N4/c1-2-8-20(9-3-1)35-25-11-5-7-19-6-4-10-23(29(19)25)30-26(35)16-24-21-12-14-33-17-27(21)36-28-18-34-15-13-22(28)31(30)32(24)36/h1-18H. The number of para-hydroxylation sites is 1. The van der Waals surface area contributed by atoms with E-state index in [1.54, 1.807) is 0 Å². The normalized spacial score (nSPS) is 12.4. The van der Waals surface area contributed by atoms with Gasteiger partial charge in [0.15, 0.2) is 0 Å². The summed E-state index contributed by atoms with van der Waals surface area (Å²) in [5.74, 6) is 0. The lowest BCUT2D eigenvalue weighted by Gasteiger charge is -2.20. The molecule has 0 N–H and O–H groups in total. The number of nitrogens with zero attached hydrogens (tertiary/aromatic N) is 4. The first-order valence-electron chi connectivity index (χ1n) is 12.2. The zero-order chi connectivity index (χ0) is 23.4. The molecule has 0 atom stereocenters. The highest BCUT2D eigenvalue weighted by Gasteiger charge is 2.23. The summed E-state index contributed by atoms with van der Waals surface area (Å²) < 4.78 is 4.78. The van der Waals surface area contributed by atoms with Crippen LogP contribution < -0.4 is 0 Å². The molecule has 9 rings (SSSR count). The van der Waals surface area contributed by atoms with Gasteiger partial charge >= 0.3 is 0 Å². The summed E-state index contributed by atoms with van der Waals surface area (Å²) >= 11 is 0. The number of benzene rings is 4. The van der Waals surface area contributed by atoms with Crippen molar-refractivity contribution in [1.82, 2.24) is 18.9 Å². The Bertz CT molecular complexity index is 2300. The minimum atomic E-state index is 1.12. The summed E-state index contributed by atoms with van der Waals surface area (Å²) in [5.41, 5.74) is 7.05. The van der Waals surface area contributed by atoms with Crippen molar-refractivity contribution in [2.45, 2.75) is 0 Å². The third-order valence-corrected chi connectivity index (χ3v) is 7.79. The average molecular weight is 459 g/mol. The maximum absolute atomic E-state index is 4.51. The van der Waals surface area contributed by atoms with Crippen molar-refractivity contribution in [3.8, 4) is 5.69 Å². The molecular formula is C32H18N4. The van der Waals surface area contributed by atoms with Crippen LogP contribution in [-0.2, 0) is 0 Å². The van der Waals surface area contributed by atoms with E-state index < -0.39 is 0 Å². The topological polar surface area (TPSA) is 35.1 Å². The SMILES string of the molecule is c1ccc(-n2c3cccc4cccc(c43)c3c4c5ccncc5n5c6cnccc6c(cc32)c45)cc1. The van der Waals surface area contributed by atoms with E-state index in [0.29, 0.717) is 0 Å². The molecule has 166 valence electrons. The summed E-state index contributed by atoms with van der Waals surface area (Å²) in [6.07, 6.45) is 7.76. The van der Waals surface area contributed by atoms with Gasteiger partial charge in [0, 0.05) is 50.4 Å². The van der Waals surface area contributed by atoms with Gasteiger partial charge < -0.3 is 8.97 Å². The highest BCUT2D eigenvalue weighted by molar-refractivity contribution is 6.36. The van der Waals surface area contributed by atoms with Crippen LogP contribution in [0.2, 0.25) is 0 Å². The molecule has 0 aliphatic rings. The van der Waals surface area contributed by atoms with E-state index >= 15 is 0 Å². The Kier molecular flexibility index (Phi) is 3.25. The van der Waals surface area contributed by atoms with E-state index in [0.717, 1.165) is 16.7 Å². The van der Waals surface area contributed by atoms with Gasteiger partial charge in [0.05, 0.1) is 40.0 Å². The van der Waals surface area contributed by atoms with Crippen molar-refractivity contribution in [1.29, 1.82) is 0 Å². The van der Waals surface area contributed by atoms with Gasteiger partial charge in [0.2, 0.25) is 0 Å². The summed E-state index contributed by atoms with van der Waals surface area (Å²) in [6.45, 7) is 0. The molecule has 0 aliphatic heterocycles. The van der Waals surface area contributed by atoms with Crippen LogP contribution in [0.15, 0.2) is 110 Å². The maximum atomic E-state index is 4.51. The largest absolute Gasteiger partial charge is 0.309 e. The Labute approximate surface area is 205 Å². The van der Waals surface area contributed by atoms with Crippen LogP contribution in [0.3, 0.4) is 0 Å². The number of rotatable bonds is 1. The lowest BCUT2D eigenvalue weighted by atomic mass is 9.95. The van der Waals surface area contributed by atoms with Crippen LogP contribution in [0.5, 0.6) is 0 Å². The van der Waals surface area contributed by atoms with Gasteiger partial charge in [-0.05, 0) is 47.2 Å². The number of aromatic nitrogens is 4. The Morgan fingerprint density at radius 2 is 1.25 bits per heavy atom.